The molecule has 25 heavy (non-hydrogen) atoms. The summed E-state index contributed by atoms with van der Waals surface area (Å²) in [7, 11) is 0. The summed E-state index contributed by atoms with van der Waals surface area (Å²) in [5, 5.41) is 0. The molecule has 3 aliphatic heterocycles. The number of hydrogen-bond donors (Lipinski definition) is 0. The van der Waals surface area contributed by atoms with Crippen molar-refractivity contribution in [3.05, 3.63) is 12.3 Å². The molecule has 0 N–H and O–H groups in total. The summed E-state index contributed by atoms with van der Waals surface area (Å²) in [5.74, 6) is 2.00. The molecule has 3 aliphatic rings. The van der Waals surface area contributed by atoms with Gasteiger partial charge in [0.1, 0.15) is 5.82 Å². The lowest BCUT2D eigenvalue weighted by atomic mass is 10.1. The lowest BCUT2D eigenvalue weighted by Gasteiger charge is -2.38. The number of nitrogens with zero attached hydrogens (tertiary/aromatic N) is 5. The van der Waals surface area contributed by atoms with Gasteiger partial charge >= 0.3 is 0 Å². The molecule has 138 valence electrons. The van der Waals surface area contributed by atoms with Gasteiger partial charge in [-0.2, -0.15) is 4.98 Å². The molecule has 0 aromatic carbocycles. The highest BCUT2D eigenvalue weighted by Crippen LogP contribution is 2.20. The first kappa shape index (κ1) is 17.0. The van der Waals surface area contributed by atoms with Crippen molar-refractivity contribution in [1.82, 2.24) is 14.9 Å². The van der Waals surface area contributed by atoms with Crippen LogP contribution in [0, 0.1) is 0 Å². The Balaban J connectivity index is 1.31. The molecule has 0 bridgehead atoms. The summed E-state index contributed by atoms with van der Waals surface area (Å²) in [4.78, 5) is 16.7. The summed E-state index contributed by atoms with van der Waals surface area (Å²) < 4.78 is 5.89. The number of anilines is 2. The summed E-state index contributed by atoms with van der Waals surface area (Å²) in [6.07, 6.45) is 10.0. The number of piperazine rings is 1. The first-order valence-corrected chi connectivity index (χ1v) is 10.1. The summed E-state index contributed by atoms with van der Waals surface area (Å²) in [6.45, 7) is 8.52. The Labute approximate surface area is 151 Å². The second-order valence-electron chi connectivity index (χ2n) is 7.54. The monoisotopic (exact) mass is 345 g/mol. The van der Waals surface area contributed by atoms with Crippen LogP contribution in [0.5, 0.6) is 0 Å². The molecule has 3 saturated heterocycles. The SMILES string of the molecule is c1cc(N2CCN(CC3CCCCO3)CC2)nc(N2CCCCC2)n1. The van der Waals surface area contributed by atoms with E-state index in [4.69, 9.17) is 9.72 Å². The molecule has 3 fully saturated rings. The molecule has 6 heteroatoms. The normalized spacial score (nSPS) is 26.0. The number of aromatic nitrogens is 2. The Morgan fingerprint density at radius 1 is 0.920 bits per heavy atom. The van der Waals surface area contributed by atoms with Crippen LogP contribution in [0.1, 0.15) is 38.5 Å². The molecular formula is C19H31N5O. The van der Waals surface area contributed by atoms with Gasteiger partial charge in [0, 0.05) is 58.6 Å². The van der Waals surface area contributed by atoms with E-state index in [0.29, 0.717) is 6.10 Å². The van der Waals surface area contributed by atoms with Crippen LogP contribution in [-0.4, -0.2) is 73.4 Å². The first-order chi connectivity index (χ1) is 12.4. The van der Waals surface area contributed by atoms with Crippen LogP contribution < -0.4 is 9.80 Å². The van der Waals surface area contributed by atoms with E-state index in [0.717, 1.165) is 64.2 Å². The predicted molar refractivity (Wildman–Crippen MR) is 100 cm³/mol. The molecule has 0 radical (unpaired) electrons. The third-order valence-electron chi connectivity index (χ3n) is 5.70. The predicted octanol–water partition coefficient (Wildman–Crippen LogP) is 2.16. The molecule has 1 aromatic heterocycles. The maximum Gasteiger partial charge on any atom is 0.227 e. The van der Waals surface area contributed by atoms with Gasteiger partial charge in [0.05, 0.1) is 6.10 Å². The minimum Gasteiger partial charge on any atom is -0.377 e. The third-order valence-corrected chi connectivity index (χ3v) is 5.70. The molecule has 4 heterocycles. The molecule has 0 aliphatic carbocycles. The second kappa shape index (κ2) is 8.32. The van der Waals surface area contributed by atoms with Crippen LogP contribution in [0.3, 0.4) is 0 Å². The lowest BCUT2D eigenvalue weighted by Crippen LogP contribution is -2.49. The zero-order chi connectivity index (χ0) is 16.9. The Hall–Kier alpha value is -1.40. The zero-order valence-electron chi connectivity index (χ0n) is 15.3. The van der Waals surface area contributed by atoms with Crippen LogP contribution in [0.25, 0.3) is 0 Å². The van der Waals surface area contributed by atoms with Gasteiger partial charge in [0.15, 0.2) is 0 Å². The molecule has 0 spiro atoms. The van der Waals surface area contributed by atoms with E-state index < -0.39 is 0 Å². The van der Waals surface area contributed by atoms with E-state index in [2.05, 4.69) is 25.8 Å². The topological polar surface area (TPSA) is 44.7 Å². The highest BCUT2D eigenvalue weighted by molar-refractivity contribution is 5.44. The molecule has 0 saturated carbocycles. The van der Waals surface area contributed by atoms with Crippen LogP contribution in [0.4, 0.5) is 11.8 Å². The largest absolute Gasteiger partial charge is 0.377 e. The van der Waals surface area contributed by atoms with Crippen molar-refractivity contribution in [2.75, 3.05) is 62.2 Å². The van der Waals surface area contributed by atoms with E-state index >= 15 is 0 Å². The summed E-state index contributed by atoms with van der Waals surface area (Å²) in [6, 6.07) is 2.06. The molecule has 6 nitrogen and oxygen atoms in total. The Kier molecular flexibility index (Phi) is 5.67. The van der Waals surface area contributed by atoms with Gasteiger partial charge in [-0.05, 0) is 44.6 Å². The third kappa shape index (κ3) is 4.42. The Morgan fingerprint density at radius 3 is 2.52 bits per heavy atom. The van der Waals surface area contributed by atoms with Gasteiger partial charge in [-0.3, -0.25) is 4.90 Å². The van der Waals surface area contributed by atoms with Gasteiger partial charge in [-0.15, -0.1) is 0 Å². The van der Waals surface area contributed by atoms with Gasteiger partial charge in [-0.25, -0.2) is 4.98 Å². The summed E-state index contributed by atoms with van der Waals surface area (Å²) in [5.41, 5.74) is 0. The smallest absolute Gasteiger partial charge is 0.227 e. The van der Waals surface area contributed by atoms with Crippen LogP contribution in [0.2, 0.25) is 0 Å². The van der Waals surface area contributed by atoms with Crippen molar-refractivity contribution in [3.8, 4) is 0 Å². The minimum atomic E-state index is 0.449. The van der Waals surface area contributed by atoms with Crippen molar-refractivity contribution >= 4 is 11.8 Å². The van der Waals surface area contributed by atoms with E-state index in [1.165, 1.54) is 38.5 Å². The van der Waals surface area contributed by atoms with Crippen molar-refractivity contribution in [3.63, 3.8) is 0 Å². The van der Waals surface area contributed by atoms with E-state index in [1.54, 1.807) is 0 Å². The van der Waals surface area contributed by atoms with Gasteiger partial charge in [0.2, 0.25) is 5.95 Å². The fourth-order valence-electron chi connectivity index (χ4n) is 4.16. The van der Waals surface area contributed by atoms with Gasteiger partial charge in [-0.1, -0.05) is 0 Å². The van der Waals surface area contributed by atoms with Gasteiger partial charge < -0.3 is 14.5 Å². The minimum absolute atomic E-state index is 0.449. The average molecular weight is 345 g/mol. The standard InChI is InChI=1S/C19H31N5O/c1-3-9-24(10-4-1)19-20-8-7-18(21-19)23-13-11-22(12-14-23)16-17-6-2-5-15-25-17/h7-8,17H,1-6,9-16H2. The summed E-state index contributed by atoms with van der Waals surface area (Å²) >= 11 is 0. The zero-order valence-corrected chi connectivity index (χ0v) is 15.3. The van der Waals surface area contributed by atoms with Crippen molar-refractivity contribution in [2.45, 2.75) is 44.6 Å². The molecule has 4 rings (SSSR count). The highest BCUT2D eigenvalue weighted by Gasteiger charge is 2.23. The van der Waals surface area contributed by atoms with Crippen molar-refractivity contribution in [2.24, 2.45) is 0 Å². The van der Waals surface area contributed by atoms with Crippen molar-refractivity contribution < 1.29 is 4.74 Å². The van der Waals surface area contributed by atoms with E-state index in [9.17, 15) is 0 Å². The molecule has 1 aromatic rings. The molecule has 1 unspecified atom stereocenters. The highest BCUT2D eigenvalue weighted by atomic mass is 16.5. The van der Waals surface area contributed by atoms with Gasteiger partial charge in [0.25, 0.3) is 0 Å². The number of piperidine rings is 1. The molecule has 0 amide bonds. The lowest BCUT2D eigenvalue weighted by molar-refractivity contribution is -0.00646. The maximum atomic E-state index is 5.89. The molecular weight excluding hydrogens is 314 g/mol. The van der Waals surface area contributed by atoms with E-state index in [-0.39, 0.29) is 0 Å². The number of ether oxygens (including phenoxy) is 1. The van der Waals surface area contributed by atoms with Crippen molar-refractivity contribution in [1.29, 1.82) is 0 Å². The quantitative estimate of drug-likeness (QED) is 0.833. The first-order valence-electron chi connectivity index (χ1n) is 10.1. The van der Waals surface area contributed by atoms with E-state index in [1.807, 2.05) is 6.20 Å². The fraction of sp³-hybridized carbons (Fsp3) is 0.789. The Bertz CT molecular complexity index is 534. The Morgan fingerprint density at radius 2 is 1.76 bits per heavy atom. The maximum absolute atomic E-state index is 5.89. The van der Waals surface area contributed by atoms with Crippen LogP contribution >= 0.6 is 0 Å². The number of rotatable bonds is 4. The number of hydrogen-bond acceptors (Lipinski definition) is 6. The fourth-order valence-corrected chi connectivity index (χ4v) is 4.16. The van der Waals surface area contributed by atoms with Crippen LogP contribution in [0.15, 0.2) is 12.3 Å². The van der Waals surface area contributed by atoms with Crippen LogP contribution in [-0.2, 0) is 4.74 Å². The average Bonchev–Trinajstić information content (AvgIpc) is 2.70. The molecule has 1 atom stereocenters. The second-order valence-corrected chi connectivity index (χ2v) is 7.54.